The lowest BCUT2D eigenvalue weighted by molar-refractivity contribution is -0.155. The number of rotatable bonds is 5. The molecule has 0 fully saturated rings. The summed E-state index contributed by atoms with van der Waals surface area (Å²) in [7, 11) is -3.87. The molecule has 0 radical (unpaired) electrons. The van der Waals surface area contributed by atoms with Crippen LogP contribution in [0.5, 0.6) is 11.5 Å². The van der Waals surface area contributed by atoms with Crippen LogP contribution in [0.15, 0.2) is 45.1 Å². The van der Waals surface area contributed by atoms with E-state index in [-0.39, 0.29) is 28.1 Å². The average Bonchev–Trinajstić information content (AvgIpc) is 3.38. The highest BCUT2D eigenvalue weighted by atomic mass is 32.2. The van der Waals surface area contributed by atoms with Crippen molar-refractivity contribution in [3.63, 3.8) is 0 Å². The van der Waals surface area contributed by atoms with Crippen LogP contribution in [0.25, 0.3) is 10.6 Å². The van der Waals surface area contributed by atoms with E-state index >= 15 is 0 Å². The standard InChI is InChI=1S/C16H11F3N2O5S2/c17-16(18,19)14-6-10(21-26-14)13-3-4-15(27-13)28(22,23)20-7-9-1-2-11-12(5-9)25-8-24-11/h1-6,20H,7-8H2. The summed E-state index contributed by atoms with van der Waals surface area (Å²) in [6.07, 6.45) is -4.66. The fourth-order valence-corrected chi connectivity index (χ4v) is 4.75. The van der Waals surface area contributed by atoms with E-state index in [2.05, 4.69) is 14.4 Å². The third-order valence-corrected chi connectivity index (χ3v) is 6.79. The van der Waals surface area contributed by atoms with Crippen LogP contribution in [-0.2, 0) is 22.7 Å². The lowest BCUT2D eigenvalue weighted by Crippen LogP contribution is -2.22. The van der Waals surface area contributed by atoms with Crippen molar-refractivity contribution in [2.24, 2.45) is 0 Å². The van der Waals surface area contributed by atoms with Crippen LogP contribution < -0.4 is 14.2 Å². The number of hydrogen-bond acceptors (Lipinski definition) is 7. The number of fused-ring (bicyclic) bond motifs is 1. The highest BCUT2D eigenvalue weighted by Gasteiger charge is 2.36. The number of nitrogens with one attached hydrogen (secondary N) is 1. The molecule has 28 heavy (non-hydrogen) atoms. The van der Waals surface area contributed by atoms with Crippen molar-refractivity contribution in [3.8, 4) is 22.1 Å². The Hall–Kier alpha value is -2.57. The lowest BCUT2D eigenvalue weighted by atomic mass is 10.2. The summed E-state index contributed by atoms with van der Waals surface area (Å²) in [5, 5.41) is 3.35. The maximum atomic E-state index is 12.6. The van der Waals surface area contributed by atoms with Gasteiger partial charge >= 0.3 is 6.18 Å². The molecule has 0 amide bonds. The van der Waals surface area contributed by atoms with Gasteiger partial charge in [0.05, 0.1) is 4.88 Å². The highest BCUT2D eigenvalue weighted by molar-refractivity contribution is 7.91. The molecule has 1 aromatic carbocycles. The fraction of sp³-hybridized carbons (Fsp3) is 0.188. The van der Waals surface area contributed by atoms with E-state index in [4.69, 9.17) is 9.47 Å². The van der Waals surface area contributed by atoms with Crippen molar-refractivity contribution in [1.82, 2.24) is 9.88 Å². The Morgan fingerprint density at radius 3 is 2.64 bits per heavy atom. The highest BCUT2D eigenvalue weighted by Crippen LogP contribution is 2.36. The summed E-state index contributed by atoms with van der Waals surface area (Å²) in [5.74, 6) is -0.136. The first-order valence-electron chi connectivity index (χ1n) is 7.75. The summed E-state index contributed by atoms with van der Waals surface area (Å²) in [4.78, 5) is 0.239. The van der Waals surface area contributed by atoms with Gasteiger partial charge in [0.1, 0.15) is 9.90 Å². The molecule has 148 valence electrons. The number of benzene rings is 1. The van der Waals surface area contributed by atoms with Gasteiger partial charge in [-0.3, -0.25) is 0 Å². The van der Waals surface area contributed by atoms with Gasteiger partial charge in [0.2, 0.25) is 22.6 Å². The molecule has 2 aromatic heterocycles. The summed E-state index contributed by atoms with van der Waals surface area (Å²) < 4.78 is 79.8. The van der Waals surface area contributed by atoms with Gasteiger partial charge in [-0.1, -0.05) is 11.2 Å². The molecule has 7 nitrogen and oxygen atoms in total. The second-order valence-electron chi connectivity index (χ2n) is 5.71. The smallest absolute Gasteiger partial charge is 0.452 e. The Morgan fingerprint density at radius 2 is 1.89 bits per heavy atom. The first kappa shape index (κ1) is 18.8. The number of nitrogens with zero attached hydrogens (tertiary/aromatic N) is 1. The molecule has 0 spiro atoms. The van der Waals surface area contributed by atoms with Gasteiger partial charge in [-0.15, -0.1) is 11.3 Å². The lowest BCUT2D eigenvalue weighted by Gasteiger charge is -2.06. The molecule has 4 rings (SSSR count). The number of halogens is 3. The monoisotopic (exact) mass is 432 g/mol. The van der Waals surface area contributed by atoms with Crippen molar-refractivity contribution in [1.29, 1.82) is 0 Å². The molecular weight excluding hydrogens is 421 g/mol. The van der Waals surface area contributed by atoms with Gasteiger partial charge in [-0.25, -0.2) is 13.1 Å². The van der Waals surface area contributed by atoms with E-state index in [1.807, 2.05) is 0 Å². The van der Waals surface area contributed by atoms with Gasteiger partial charge in [0.15, 0.2) is 11.5 Å². The minimum atomic E-state index is -4.66. The summed E-state index contributed by atoms with van der Waals surface area (Å²) >= 11 is 0.787. The zero-order valence-corrected chi connectivity index (χ0v) is 15.5. The molecule has 3 aromatic rings. The van der Waals surface area contributed by atoms with Crippen LogP contribution >= 0.6 is 11.3 Å². The third kappa shape index (κ3) is 3.70. The van der Waals surface area contributed by atoms with Gasteiger partial charge in [-0.05, 0) is 29.8 Å². The third-order valence-electron chi connectivity index (χ3n) is 3.79. The fourth-order valence-electron chi connectivity index (χ4n) is 2.43. The Kier molecular flexibility index (Phi) is 4.56. The van der Waals surface area contributed by atoms with E-state index in [1.54, 1.807) is 18.2 Å². The summed E-state index contributed by atoms with van der Waals surface area (Å²) in [6, 6.07) is 8.44. The number of alkyl halides is 3. The molecule has 1 aliphatic rings. The predicted molar refractivity (Wildman–Crippen MR) is 91.4 cm³/mol. The first-order valence-corrected chi connectivity index (χ1v) is 10.0. The van der Waals surface area contributed by atoms with Crippen LogP contribution in [-0.4, -0.2) is 20.4 Å². The maximum Gasteiger partial charge on any atom is 0.452 e. The van der Waals surface area contributed by atoms with E-state index in [0.717, 1.165) is 17.4 Å². The van der Waals surface area contributed by atoms with Gasteiger partial charge in [0.25, 0.3) is 0 Å². The number of thiophene rings is 1. The molecule has 1 N–H and O–H groups in total. The van der Waals surface area contributed by atoms with Crippen LogP contribution in [0.1, 0.15) is 11.3 Å². The minimum absolute atomic E-state index is 0.00832. The molecule has 1 aliphatic heterocycles. The van der Waals surface area contributed by atoms with Gasteiger partial charge in [-0.2, -0.15) is 13.2 Å². The number of hydrogen-bond donors (Lipinski definition) is 1. The number of sulfonamides is 1. The van der Waals surface area contributed by atoms with Crippen molar-refractivity contribution in [3.05, 3.63) is 47.7 Å². The van der Waals surface area contributed by atoms with E-state index < -0.39 is 22.0 Å². The average molecular weight is 432 g/mol. The normalized spacial score (nSPS) is 13.8. The summed E-state index contributed by atoms with van der Waals surface area (Å²) in [6.45, 7) is 0.120. The molecule has 0 saturated heterocycles. The number of aromatic nitrogens is 1. The molecule has 0 atom stereocenters. The van der Waals surface area contributed by atoms with Crippen LogP contribution in [0.2, 0.25) is 0 Å². The predicted octanol–water partition coefficient (Wildman–Crippen LogP) is 3.63. The van der Waals surface area contributed by atoms with Crippen LogP contribution in [0, 0.1) is 0 Å². The molecule has 0 saturated carbocycles. The van der Waals surface area contributed by atoms with Gasteiger partial charge in [0, 0.05) is 12.6 Å². The zero-order chi connectivity index (χ0) is 19.9. The number of ether oxygens (including phenoxy) is 2. The van der Waals surface area contributed by atoms with Gasteiger partial charge < -0.3 is 14.0 Å². The zero-order valence-electron chi connectivity index (χ0n) is 13.8. The first-order chi connectivity index (χ1) is 13.2. The molecule has 0 bridgehead atoms. The largest absolute Gasteiger partial charge is 0.454 e. The second kappa shape index (κ2) is 6.79. The molecule has 0 unspecified atom stereocenters. The maximum absolute atomic E-state index is 12.6. The topological polar surface area (TPSA) is 90.7 Å². The van der Waals surface area contributed by atoms with E-state index in [9.17, 15) is 21.6 Å². The van der Waals surface area contributed by atoms with Crippen molar-refractivity contribution >= 4 is 21.4 Å². The van der Waals surface area contributed by atoms with Crippen LogP contribution in [0.3, 0.4) is 0 Å². The molecular formula is C16H11F3N2O5S2. The molecule has 12 heteroatoms. The minimum Gasteiger partial charge on any atom is -0.454 e. The van der Waals surface area contributed by atoms with Crippen LogP contribution in [0.4, 0.5) is 13.2 Å². The van der Waals surface area contributed by atoms with Crippen molar-refractivity contribution in [2.45, 2.75) is 16.9 Å². The quantitative estimate of drug-likeness (QED) is 0.662. The second-order valence-corrected chi connectivity index (χ2v) is 8.78. The van der Waals surface area contributed by atoms with E-state index in [0.29, 0.717) is 17.1 Å². The molecule has 3 heterocycles. The van der Waals surface area contributed by atoms with Crippen molar-refractivity contribution < 1.29 is 35.6 Å². The Bertz CT molecular complexity index is 1120. The Labute approximate surface area is 160 Å². The summed E-state index contributed by atoms with van der Waals surface area (Å²) in [5.41, 5.74) is 0.575. The SMILES string of the molecule is O=S(=O)(NCc1ccc2c(c1)OCO2)c1ccc(-c2cc(C(F)(F)F)on2)s1. The van der Waals surface area contributed by atoms with E-state index in [1.165, 1.54) is 12.1 Å². The Morgan fingerprint density at radius 1 is 1.11 bits per heavy atom. The molecule has 0 aliphatic carbocycles. The Balaban J connectivity index is 1.48. The van der Waals surface area contributed by atoms with Crippen molar-refractivity contribution in [2.75, 3.05) is 6.79 Å².